The lowest BCUT2D eigenvalue weighted by atomic mass is 9.76. The first-order chi connectivity index (χ1) is 9.41. The van der Waals surface area contributed by atoms with Crippen molar-refractivity contribution in [1.82, 2.24) is 9.80 Å². The second-order valence-corrected chi connectivity index (χ2v) is 5.92. The monoisotopic (exact) mass is 282 g/mol. The third kappa shape index (κ3) is 2.44. The van der Waals surface area contributed by atoms with E-state index in [1.807, 2.05) is 11.8 Å². The number of nitrogens with zero attached hydrogens (tertiary/aromatic N) is 2. The zero-order valence-corrected chi connectivity index (χ0v) is 12.1. The third-order valence-corrected chi connectivity index (χ3v) is 4.59. The van der Waals surface area contributed by atoms with Crippen LogP contribution < -0.4 is 0 Å². The van der Waals surface area contributed by atoms with Gasteiger partial charge in [-0.25, -0.2) is 0 Å². The molecule has 0 radical (unpaired) electrons. The minimum atomic E-state index is -0.783. The van der Waals surface area contributed by atoms with E-state index in [1.165, 1.54) is 7.05 Å². The fourth-order valence-electron chi connectivity index (χ4n) is 3.42. The molecule has 2 rings (SSSR count). The summed E-state index contributed by atoms with van der Waals surface area (Å²) in [4.78, 5) is 38.4. The number of hydrogen-bond acceptors (Lipinski definition) is 4. The molecule has 2 aliphatic heterocycles. The van der Waals surface area contributed by atoms with E-state index >= 15 is 0 Å². The molecule has 2 unspecified atom stereocenters. The lowest BCUT2D eigenvalue weighted by molar-refractivity contribution is -0.155. The van der Waals surface area contributed by atoms with E-state index < -0.39 is 17.4 Å². The summed E-state index contributed by atoms with van der Waals surface area (Å²) in [6, 6.07) is -0.469. The zero-order valence-electron chi connectivity index (χ0n) is 12.1. The smallest absolute Gasteiger partial charge is 0.310 e. The maximum atomic E-state index is 12.1. The number of carboxylic acid groups (broad SMARTS) is 1. The predicted octanol–water partition coefficient (Wildman–Crippen LogP) is 0.711. The molecule has 2 aliphatic rings. The number of likely N-dealkylation sites (tertiary alicyclic amines) is 2. The van der Waals surface area contributed by atoms with Crippen molar-refractivity contribution >= 4 is 17.8 Å². The Balaban J connectivity index is 2.16. The molecule has 0 aromatic heterocycles. The summed E-state index contributed by atoms with van der Waals surface area (Å²) in [6.07, 6.45) is 3.00. The molecular weight excluding hydrogens is 260 g/mol. The minimum absolute atomic E-state index is 0.178. The second kappa shape index (κ2) is 5.52. The van der Waals surface area contributed by atoms with Gasteiger partial charge in [-0.05, 0) is 25.8 Å². The molecule has 0 saturated carbocycles. The first-order valence-corrected chi connectivity index (χ1v) is 7.19. The fraction of sp³-hybridized carbons (Fsp3) is 0.786. The highest BCUT2D eigenvalue weighted by Crippen LogP contribution is 2.37. The number of piperidine rings is 1. The van der Waals surface area contributed by atoms with E-state index in [0.717, 1.165) is 17.7 Å². The first-order valence-electron chi connectivity index (χ1n) is 7.19. The summed E-state index contributed by atoms with van der Waals surface area (Å²) in [7, 11) is 1.49. The van der Waals surface area contributed by atoms with E-state index in [-0.39, 0.29) is 18.2 Å². The van der Waals surface area contributed by atoms with Crippen LogP contribution in [-0.4, -0.2) is 58.9 Å². The predicted molar refractivity (Wildman–Crippen MR) is 72.0 cm³/mol. The van der Waals surface area contributed by atoms with Crippen LogP contribution in [0, 0.1) is 5.41 Å². The van der Waals surface area contributed by atoms with Crippen molar-refractivity contribution in [2.24, 2.45) is 5.41 Å². The molecule has 2 atom stereocenters. The summed E-state index contributed by atoms with van der Waals surface area (Å²) in [6.45, 7) is 3.03. The van der Waals surface area contributed by atoms with Crippen molar-refractivity contribution in [2.45, 2.75) is 45.1 Å². The number of amides is 2. The molecule has 0 bridgehead atoms. The van der Waals surface area contributed by atoms with Gasteiger partial charge in [0.2, 0.25) is 11.8 Å². The number of aliphatic carboxylic acids is 1. The number of rotatable bonds is 4. The van der Waals surface area contributed by atoms with Gasteiger partial charge in [0, 0.05) is 13.6 Å². The van der Waals surface area contributed by atoms with Crippen molar-refractivity contribution in [3.8, 4) is 0 Å². The van der Waals surface area contributed by atoms with E-state index in [2.05, 4.69) is 0 Å². The molecule has 2 fully saturated rings. The Kier molecular flexibility index (Phi) is 4.13. The Morgan fingerprint density at radius 2 is 2.15 bits per heavy atom. The van der Waals surface area contributed by atoms with E-state index in [0.29, 0.717) is 25.9 Å². The number of carboxylic acids is 1. The van der Waals surface area contributed by atoms with Gasteiger partial charge in [0.1, 0.15) is 0 Å². The Hall–Kier alpha value is -1.43. The van der Waals surface area contributed by atoms with Gasteiger partial charge >= 0.3 is 5.97 Å². The van der Waals surface area contributed by atoms with Crippen molar-refractivity contribution < 1.29 is 19.5 Å². The maximum Gasteiger partial charge on any atom is 0.310 e. The Labute approximate surface area is 118 Å². The molecule has 6 nitrogen and oxygen atoms in total. The highest BCUT2D eigenvalue weighted by molar-refractivity contribution is 6.05. The van der Waals surface area contributed by atoms with E-state index in [9.17, 15) is 19.5 Å². The van der Waals surface area contributed by atoms with Crippen molar-refractivity contribution in [3.05, 3.63) is 0 Å². The molecule has 20 heavy (non-hydrogen) atoms. The van der Waals surface area contributed by atoms with Crippen LogP contribution >= 0.6 is 0 Å². The van der Waals surface area contributed by atoms with E-state index in [4.69, 9.17) is 0 Å². The summed E-state index contributed by atoms with van der Waals surface area (Å²) in [5.74, 6) is -1.16. The first kappa shape index (κ1) is 15.0. The average Bonchev–Trinajstić information content (AvgIpc) is 2.67. The number of carbonyl (C=O) groups excluding carboxylic acids is 2. The lowest BCUT2D eigenvalue weighted by Crippen LogP contribution is -2.53. The van der Waals surface area contributed by atoms with Gasteiger partial charge in [-0.15, -0.1) is 0 Å². The quantitative estimate of drug-likeness (QED) is 0.768. The normalized spacial score (nSPS) is 31.9. The van der Waals surface area contributed by atoms with Gasteiger partial charge < -0.3 is 5.11 Å². The van der Waals surface area contributed by atoms with Gasteiger partial charge in [-0.2, -0.15) is 0 Å². The third-order valence-electron chi connectivity index (χ3n) is 4.59. The van der Waals surface area contributed by atoms with Crippen LogP contribution in [0.4, 0.5) is 0 Å². The van der Waals surface area contributed by atoms with Crippen LogP contribution in [0.5, 0.6) is 0 Å². The van der Waals surface area contributed by atoms with Crippen LogP contribution in [0.15, 0.2) is 0 Å². The molecule has 112 valence electrons. The largest absolute Gasteiger partial charge is 0.481 e. The molecule has 0 spiro atoms. The Morgan fingerprint density at radius 3 is 2.65 bits per heavy atom. The van der Waals surface area contributed by atoms with Crippen molar-refractivity contribution in [1.29, 1.82) is 0 Å². The molecule has 2 heterocycles. The highest BCUT2D eigenvalue weighted by Gasteiger charge is 2.47. The van der Waals surface area contributed by atoms with Gasteiger partial charge in [0.15, 0.2) is 0 Å². The molecule has 2 amide bonds. The van der Waals surface area contributed by atoms with Crippen LogP contribution in [0.3, 0.4) is 0 Å². The standard InChI is InChI=1S/C14H22N2O4/c1-3-5-14(13(19)20)6-4-7-16(9-14)10-8-11(17)15(2)12(10)18/h10H,3-9H2,1-2H3,(H,19,20). The van der Waals surface area contributed by atoms with Gasteiger partial charge in [-0.1, -0.05) is 13.3 Å². The summed E-state index contributed by atoms with van der Waals surface area (Å²) >= 11 is 0. The number of hydrogen-bond donors (Lipinski definition) is 1. The molecule has 1 N–H and O–H groups in total. The van der Waals surface area contributed by atoms with Gasteiger partial charge in [0.25, 0.3) is 0 Å². The second-order valence-electron chi connectivity index (χ2n) is 5.92. The molecular formula is C14H22N2O4. The van der Waals surface area contributed by atoms with Crippen LogP contribution in [0.2, 0.25) is 0 Å². The fourth-order valence-corrected chi connectivity index (χ4v) is 3.42. The number of carbonyl (C=O) groups is 3. The molecule has 0 aromatic rings. The summed E-state index contributed by atoms with van der Waals surface area (Å²) in [5, 5.41) is 9.56. The molecule has 2 saturated heterocycles. The Bertz CT molecular complexity index is 433. The topological polar surface area (TPSA) is 77.9 Å². The number of likely N-dealkylation sites (N-methyl/N-ethyl adjacent to an activating group) is 1. The Morgan fingerprint density at radius 1 is 1.45 bits per heavy atom. The van der Waals surface area contributed by atoms with Gasteiger partial charge in [-0.3, -0.25) is 24.2 Å². The van der Waals surface area contributed by atoms with Crippen LogP contribution in [0.25, 0.3) is 0 Å². The molecule has 0 aliphatic carbocycles. The van der Waals surface area contributed by atoms with Gasteiger partial charge in [0.05, 0.1) is 17.9 Å². The van der Waals surface area contributed by atoms with Crippen LogP contribution in [-0.2, 0) is 14.4 Å². The summed E-state index contributed by atoms with van der Waals surface area (Å²) < 4.78 is 0. The highest BCUT2D eigenvalue weighted by atomic mass is 16.4. The lowest BCUT2D eigenvalue weighted by Gasteiger charge is -2.41. The van der Waals surface area contributed by atoms with E-state index in [1.54, 1.807) is 0 Å². The van der Waals surface area contributed by atoms with Crippen LogP contribution in [0.1, 0.15) is 39.0 Å². The number of imide groups is 1. The SMILES string of the molecule is CCCC1(C(=O)O)CCCN(C2CC(=O)N(C)C2=O)C1. The summed E-state index contributed by atoms with van der Waals surface area (Å²) in [5.41, 5.74) is -0.766. The zero-order chi connectivity index (χ0) is 14.9. The molecule has 6 heteroatoms. The minimum Gasteiger partial charge on any atom is -0.481 e. The maximum absolute atomic E-state index is 12.1. The molecule has 0 aromatic carbocycles. The van der Waals surface area contributed by atoms with Crippen molar-refractivity contribution in [2.75, 3.05) is 20.1 Å². The average molecular weight is 282 g/mol. The van der Waals surface area contributed by atoms with Crippen molar-refractivity contribution in [3.63, 3.8) is 0 Å².